The number of nitrogens with zero attached hydrogens (tertiary/aromatic N) is 2. The highest BCUT2D eigenvalue weighted by molar-refractivity contribution is 6.07. The van der Waals surface area contributed by atoms with Gasteiger partial charge in [0.2, 0.25) is 5.88 Å². The molecule has 2 aliphatic rings. The summed E-state index contributed by atoms with van der Waals surface area (Å²) in [7, 11) is 1.55. The number of amides is 3. The van der Waals surface area contributed by atoms with Crippen molar-refractivity contribution in [1.29, 1.82) is 0 Å². The van der Waals surface area contributed by atoms with Gasteiger partial charge in [-0.25, -0.2) is 9.78 Å². The highest BCUT2D eigenvalue weighted by atomic mass is 16.5. The Kier molecular flexibility index (Phi) is 3.08. The van der Waals surface area contributed by atoms with Crippen molar-refractivity contribution in [2.24, 2.45) is 0 Å². The molecule has 2 fully saturated rings. The smallest absolute Gasteiger partial charge is 0.325 e. The summed E-state index contributed by atoms with van der Waals surface area (Å²) >= 11 is 0. The minimum absolute atomic E-state index is 0.164. The third kappa shape index (κ3) is 1.92. The lowest BCUT2D eigenvalue weighted by Gasteiger charge is -2.31. The van der Waals surface area contributed by atoms with Gasteiger partial charge < -0.3 is 9.64 Å². The fraction of sp³-hybridized carbons (Fsp3) is 0.500. The van der Waals surface area contributed by atoms with Gasteiger partial charge in [-0.2, -0.15) is 0 Å². The molecule has 1 N–H and O–H groups in total. The van der Waals surface area contributed by atoms with Crippen LogP contribution in [-0.2, 0) is 11.3 Å². The zero-order valence-electron chi connectivity index (χ0n) is 11.4. The zero-order valence-corrected chi connectivity index (χ0v) is 11.4. The summed E-state index contributed by atoms with van der Waals surface area (Å²) in [6.07, 6.45) is 3.41. The first kappa shape index (κ1) is 12.9. The van der Waals surface area contributed by atoms with Crippen LogP contribution in [-0.4, -0.2) is 34.5 Å². The number of nitrogens with one attached hydrogen (secondary N) is 1. The Hall–Kier alpha value is -2.11. The third-order valence-corrected chi connectivity index (χ3v) is 4.15. The van der Waals surface area contributed by atoms with Crippen LogP contribution < -0.4 is 10.1 Å². The zero-order chi connectivity index (χ0) is 14.2. The van der Waals surface area contributed by atoms with E-state index in [4.69, 9.17) is 4.74 Å². The van der Waals surface area contributed by atoms with Crippen LogP contribution in [0, 0.1) is 0 Å². The number of urea groups is 1. The highest BCUT2D eigenvalue weighted by Crippen LogP contribution is 2.39. The van der Waals surface area contributed by atoms with E-state index >= 15 is 0 Å². The molecule has 1 saturated heterocycles. The molecule has 6 nitrogen and oxygen atoms in total. The molecule has 1 spiro atoms. The van der Waals surface area contributed by atoms with Gasteiger partial charge in [0.05, 0.1) is 19.3 Å². The minimum atomic E-state index is -0.665. The summed E-state index contributed by atoms with van der Waals surface area (Å²) in [4.78, 5) is 30.1. The van der Waals surface area contributed by atoms with Gasteiger partial charge in [-0.15, -0.1) is 0 Å². The second kappa shape index (κ2) is 4.77. The Morgan fingerprint density at radius 1 is 1.35 bits per heavy atom. The monoisotopic (exact) mass is 275 g/mol. The Labute approximate surface area is 117 Å². The van der Waals surface area contributed by atoms with E-state index in [1.54, 1.807) is 18.1 Å². The summed E-state index contributed by atoms with van der Waals surface area (Å²) in [5.74, 6) is 0.344. The van der Waals surface area contributed by atoms with Gasteiger partial charge in [-0.1, -0.05) is 18.9 Å². The Morgan fingerprint density at radius 3 is 2.80 bits per heavy atom. The number of imide groups is 1. The molecule has 0 atom stereocenters. The Balaban J connectivity index is 1.88. The minimum Gasteiger partial charge on any atom is -0.481 e. The molecule has 1 aromatic rings. The Morgan fingerprint density at radius 2 is 2.10 bits per heavy atom. The van der Waals surface area contributed by atoms with Crippen molar-refractivity contribution in [2.75, 3.05) is 7.11 Å². The van der Waals surface area contributed by atoms with Gasteiger partial charge >= 0.3 is 6.03 Å². The van der Waals surface area contributed by atoms with Crippen molar-refractivity contribution in [1.82, 2.24) is 15.2 Å². The van der Waals surface area contributed by atoms with Gasteiger partial charge in [-0.05, 0) is 18.9 Å². The van der Waals surface area contributed by atoms with E-state index in [0.29, 0.717) is 12.4 Å². The second-order valence-corrected chi connectivity index (χ2v) is 5.26. The molecule has 1 saturated carbocycles. The predicted molar refractivity (Wildman–Crippen MR) is 71.1 cm³/mol. The van der Waals surface area contributed by atoms with E-state index in [1.807, 2.05) is 12.1 Å². The average molecular weight is 275 g/mol. The lowest BCUT2D eigenvalue weighted by atomic mass is 9.96. The van der Waals surface area contributed by atoms with Gasteiger partial charge in [0.15, 0.2) is 0 Å². The second-order valence-electron chi connectivity index (χ2n) is 5.26. The van der Waals surface area contributed by atoms with Crippen molar-refractivity contribution >= 4 is 11.9 Å². The summed E-state index contributed by atoms with van der Waals surface area (Å²) in [5.41, 5.74) is 0.0578. The van der Waals surface area contributed by atoms with Crippen LogP contribution in [0.4, 0.5) is 4.79 Å². The van der Waals surface area contributed by atoms with Crippen molar-refractivity contribution < 1.29 is 14.3 Å². The Bertz CT molecular complexity index is 552. The predicted octanol–water partition coefficient (Wildman–Crippen LogP) is 1.45. The highest BCUT2D eigenvalue weighted by Gasteiger charge is 2.53. The van der Waals surface area contributed by atoms with Crippen LogP contribution in [0.15, 0.2) is 18.2 Å². The molecule has 20 heavy (non-hydrogen) atoms. The van der Waals surface area contributed by atoms with Crippen LogP contribution in [0.25, 0.3) is 0 Å². The van der Waals surface area contributed by atoms with E-state index in [9.17, 15) is 9.59 Å². The molecule has 0 unspecified atom stereocenters. The van der Waals surface area contributed by atoms with Crippen molar-refractivity contribution in [2.45, 2.75) is 37.8 Å². The molecule has 0 bridgehead atoms. The summed E-state index contributed by atoms with van der Waals surface area (Å²) in [6.45, 7) is 0.328. The van der Waals surface area contributed by atoms with Crippen molar-refractivity contribution in [3.05, 3.63) is 23.9 Å². The van der Waals surface area contributed by atoms with Crippen LogP contribution in [0.5, 0.6) is 5.88 Å². The topological polar surface area (TPSA) is 71.5 Å². The number of rotatable bonds is 3. The maximum absolute atomic E-state index is 12.1. The number of carbonyl (C=O) groups is 2. The maximum atomic E-state index is 12.1. The number of aromatic nitrogens is 1. The normalized spacial score (nSPS) is 20.6. The van der Waals surface area contributed by atoms with Crippen LogP contribution in [0.2, 0.25) is 0 Å². The molecule has 0 radical (unpaired) electrons. The molecule has 2 heterocycles. The van der Waals surface area contributed by atoms with E-state index in [0.717, 1.165) is 31.4 Å². The number of hydrogen-bond acceptors (Lipinski definition) is 4. The number of ether oxygens (including phenoxy) is 1. The fourth-order valence-electron chi connectivity index (χ4n) is 3.10. The molecule has 3 rings (SSSR count). The van der Waals surface area contributed by atoms with Crippen molar-refractivity contribution in [3.8, 4) is 5.88 Å². The fourth-order valence-corrected chi connectivity index (χ4v) is 3.10. The lowest BCUT2D eigenvalue weighted by molar-refractivity contribution is -0.126. The number of methoxy groups -OCH3 is 1. The first-order valence-corrected chi connectivity index (χ1v) is 6.79. The molecular formula is C14H17N3O3. The molecule has 6 heteroatoms. The van der Waals surface area contributed by atoms with Gasteiger partial charge in [0.1, 0.15) is 5.54 Å². The molecule has 1 aliphatic heterocycles. The molecule has 1 aliphatic carbocycles. The number of hydrogen-bond donors (Lipinski definition) is 1. The molecule has 0 aromatic carbocycles. The van der Waals surface area contributed by atoms with Crippen molar-refractivity contribution in [3.63, 3.8) is 0 Å². The summed E-state index contributed by atoms with van der Waals surface area (Å²) in [6, 6.07) is 5.10. The lowest BCUT2D eigenvalue weighted by Crippen LogP contribution is -2.46. The van der Waals surface area contributed by atoms with E-state index in [2.05, 4.69) is 10.3 Å². The van der Waals surface area contributed by atoms with Crippen LogP contribution >= 0.6 is 0 Å². The molecule has 1 aromatic heterocycles. The van der Waals surface area contributed by atoms with Crippen LogP contribution in [0.3, 0.4) is 0 Å². The van der Waals surface area contributed by atoms with Gasteiger partial charge in [0.25, 0.3) is 5.91 Å². The SMILES string of the molecule is COc1cccc(CN2C(=O)NC(=O)C23CCCC3)n1. The number of carbonyl (C=O) groups excluding carboxylic acids is 2. The summed E-state index contributed by atoms with van der Waals surface area (Å²) < 4.78 is 5.09. The third-order valence-electron chi connectivity index (χ3n) is 4.15. The van der Waals surface area contributed by atoms with E-state index < -0.39 is 5.54 Å². The van der Waals surface area contributed by atoms with E-state index in [1.165, 1.54) is 0 Å². The largest absolute Gasteiger partial charge is 0.481 e. The van der Waals surface area contributed by atoms with Gasteiger partial charge in [-0.3, -0.25) is 10.1 Å². The summed E-state index contributed by atoms with van der Waals surface area (Å²) in [5, 5.41) is 2.44. The van der Waals surface area contributed by atoms with Gasteiger partial charge in [0, 0.05) is 6.07 Å². The van der Waals surface area contributed by atoms with E-state index in [-0.39, 0.29) is 11.9 Å². The number of pyridine rings is 1. The first-order valence-electron chi connectivity index (χ1n) is 6.79. The standard InChI is InChI=1S/C14H17N3O3/c1-20-11-6-4-5-10(15-11)9-17-13(19)16-12(18)14(17)7-2-3-8-14/h4-6H,2-3,7-9H2,1H3,(H,16,18,19). The molecular weight excluding hydrogens is 258 g/mol. The molecule has 106 valence electrons. The first-order chi connectivity index (χ1) is 9.65. The molecule has 3 amide bonds. The average Bonchev–Trinajstić information content (AvgIpc) is 3.02. The van der Waals surface area contributed by atoms with Crippen LogP contribution in [0.1, 0.15) is 31.4 Å². The quantitative estimate of drug-likeness (QED) is 0.848. The maximum Gasteiger partial charge on any atom is 0.325 e.